The Morgan fingerprint density at radius 1 is 1.28 bits per heavy atom. The highest BCUT2D eigenvalue weighted by Crippen LogP contribution is 2.28. The van der Waals surface area contributed by atoms with Gasteiger partial charge in [-0.2, -0.15) is 4.73 Å². The molecule has 1 saturated carbocycles. The van der Waals surface area contributed by atoms with Gasteiger partial charge >= 0.3 is 5.91 Å². The van der Waals surface area contributed by atoms with Gasteiger partial charge in [-0.3, -0.25) is 9.59 Å². The molecule has 1 aromatic heterocycles. The molecule has 1 heterocycles. The summed E-state index contributed by atoms with van der Waals surface area (Å²) in [4.78, 5) is 22.9. The maximum Gasteiger partial charge on any atom is 0.317 e. The molecule has 6 heteroatoms. The Hall–Kier alpha value is -2.11. The number of hydrogen-bond acceptors (Lipinski definition) is 3. The smallest absolute Gasteiger partial charge is 0.317 e. The fraction of sp³-hybridized carbons (Fsp3) is 0.417. The summed E-state index contributed by atoms with van der Waals surface area (Å²) >= 11 is 0. The van der Waals surface area contributed by atoms with Crippen LogP contribution in [0.15, 0.2) is 24.4 Å². The van der Waals surface area contributed by atoms with Crippen molar-refractivity contribution in [2.24, 2.45) is 5.92 Å². The van der Waals surface area contributed by atoms with E-state index in [1.165, 1.54) is 12.3 Å². The van der Waals surface area contributed by atoms with Crippen LogP contribution < -0.4 is 15.4 Å². The van der Waals surface area contributed by atoms with E-state index < -0.39 is 5.91 Å². The SMILES string of the molecule is O=C(NCCNC(=O)C1CC1)c1cccc[n+]1[O-]. The van der Waals surface area contributed by atoms with E-state index in [1.54, 1.807) is 12.1 Å². The number of pyridine rings is 1. The van der Waals surface area contributed by atoms with E-state index in [0.717, 1.165) is 12.8 Å². The molecule has 1 aromatic rings. The minimum absolute atomic E-state index is 0.0443. The maximum atomic E-state index is 11.6. The molecule has 0 aliphatic heterocycles. The van der Waals surface area contributed by atoms with Crippen LogP contribution in [0.4, 0.5) is 0 Å². The van der Waals surface area contributed by atoms with Gasteiger partial charge in [0.15, 0.2) is 6.20 Å². The van der Waals surface area contributed by atoms with Crippen LogP contribution >= 0.6 is 0 Å². The first-order chi connectivity index (χ1) is 8.68. The van der Waals surface area contributed by atoms with Gasteiger partial charge in [-0.15, -0.1) is 0 Å². The second-order valence-corrected chi connectivity index (χ2v) is 4.23. The molecule has 0 saturated heterocycles. The highest BCUT2D eigenvalue weighted by atomic mass is 16.5. The fourth-order valence-corrected chi connectivity index (χ4v) is 1.55. The van der Waals surface area contributed by atoms with Gasteiger partial charge in [-0.25, -0.2) is 0 Å². The minimum atomic E-state index is -0.439. The van der Waals surface area contributed by atoms with Crippen molar-refractivity contribution in [1.82, 2.24) is 10.6 Å². The molecule has 2 N–H and O–H groups in total. The molecule has 0 spiro atoms. The molecule has 96 valence electrons. The van der Waals surface area contributed by atoms with Crippen molar-refractivity contribution in [3.63, 3.8) is 0 Å². The van der Waals surface area contributed by atoms with Gasteiger partial charge in [0.25, 0.3) is 5.69 Å². The molecule has 0 unspecified atom stereocenters. The summed E-state index contributed by atoms with van der Waals surface area (Å²) in [6.07, 6.45) is 3.18. The zero-order chi connectivity index (χ0) is 13.0. The molecule has 2 amide bonds. The number of nitrogens with zero attached hydrogens (tertiary/aromatic N) is 1. The van der Waals surface area contributed by atoms with E-state index in [1.807, 2.05) is 0 Å². The number of nitrogens with one attached hydrogen (secondary N) is 2. The van der Waals surface area contributed by atoms with Crippen molar-refractivity contribution in [3.8, 4) is 0 Å². The normalized spacial score (nSPS) is 14.0. The van der Waals surface area contributed by atoms with E-state index in [-0.39, 0.29) is 17.5 Å². The fourth-order valence-electron chi connectivity index (χ4n) is 1.55. The number of carbonyl (C=O) groups is 2. The Balaban J connectivity index is 1.71. The first-order valence-corrected chi connectivity index (χ1v) is 5.92. The monoisotopic (exact) mass is 249 g/mol. The second-order valence-electron chi connectivity index (χ2n) is 4.23. The second kappa shape index (κ2) is 5.48. The molecular weight excluding hydrogens is 234 g/mol. The summed E-state index contributed by atoms with van der Waals surface area (Å²) in [5, 5.41) is 16.6. The van der Waals surface area contributed by atoms with Crippen LogP contribution in [0.5, 0.6) is 0 Å². The first kappa shape index (κ1) is 12.3. The first-order valence-electron chi connectivity index (χ1n) is 5.92. The van der Waals surface area contributed by atoms with Crippen LogP contribution in [0.1, 0.15) is 23.3 Å². The number of carbonyl (C=O) groups excluding carboxylic acids is 2. The average molecular weight is 249 g/mol. The van der Waals surface area contributed by atoms with Crippen molar-refractivity contribution in [1.29, 1.82) is 0 Å². The van der Waals surface area contributed by atoms with Crippen LogP contribution in [0.3, 0.4) is 0 Å². The van der Waals surface area contributed by atoms with Gasteiger partial charge < -0.3 is 15.8 Å². The van der Waals surface area contributed by atoms with Crippen LogP contribution in [0.25, 0.3) is 0 Å². The van der Waals surface area contributed by atoms with Gasteiger partial charge in [-0.05, 0) is 18.9 Å². The largest absolute Gasteiger partial charge is 0.618 e. The lowest BCUT2D eigenvalue weighted by molar-refractivity contribution is -0.607. The standard InChI is InChI=1S/C12H15N3O3/c16-11(9-4-5-9)13-6-7-14-12(17)10-3-1-2-8-15(10)18/h1-3,8-9H,4-7H2,(H,13,16)(H,14,17). The van der Waals surface area contributed by atoms with Gasteiger partial charge in [0.1, 0.15) is 0 Å². The van der Waals surface area contributed by atoms with Gasteiger partial charge in [0.2, 0.25) is 5.91 Å². The summed E-state index contributed by atoms with van der Waals surface area (Å²) in [7, 11) is 0. The molecule has 0 radical (unpaired) electrons. The number of amides is 2. The van der Waals surface area contributed by atoms with E-state index in [4.69, 9.17) is 0 Å². The van der Waals surface area contributed by atoms with Crippen molar-refractivity contribution >= 4 is 11.8 Å². The minimum Gasteiger partial charge on any atom is -0.618 e. The van der Waals surface area contributed by atoms with Gasteiger partial charge in [0.05, 0.1) is 0 Å². The Labute approximate surface area is 105 Å². The molecule has 0 atom stereocenters. The molecule has 6 nitrogen and oxygen atoms in total. The molecule has 1 aliphatic rings. The predicted molar refractivity (Wildman–Crippen MR) is 63.5 cm³/mol. The van der Waals surface area contributed by atoms with Crippen molar-refractivity contribution in [2.45, 2.75) is 12.8 Å². The summed E-state index contributed by atoms with van der Waals surface area (Å²) in [6.45, 7) is 0.693. The van der Waals surface area contributed by atoms with E-state index >= 15 is 0 Å². The third-order valence-electron chi connectivity index (χ3n) is 2.71. The van der Waals surface area contributed by atoms with Crippen LogP contribution in [-0.4, -0.2) is 24.9 Å². The van der Waals surface area contributed by atoms with E-state index in [9.17, 15) is 14.8 Å². The zero-order valence-corrected chi connectivity index (χ0v) is 9.89. The molecule has 1 aliphatic carbocycles. The van der Waals surface area contributed by atoms with Crippen LogP contribution in [0, 0.1) is 11.1 Å². The Morgan fingerprint density at radius 2 is 2.00 bits per heavy atom. The topological polar surface area (TPSA) is 85.1 Å². The number of aromatic nitrogens is 1. The van der Waals surface area contributed by atoms with Crippen molar-refractivity contribution in [3.05, 3.63) is 35.3 Å². The van der Waals surface area contributed by atoms with Gasteiger partial charge in [-0.1, -0.05) is 0 Å². The Morgan fingerprint density at radius 3 is 2.67 bits per heavy atom. The average Bonchev–Trinajstić information content (AvgIpc) is 3.19. The lowest BCUT2D eigenvalue weighted by atomic mass is 10.3. The Kier molecular flexibility index (Phi) is 3.76. The molecule has 2 rings (SSSR count). The third-order valence-corrected chi connectivity index (χ3v) is 2.71. The molecule has 18 heavy (non-hydrogen) atoms. The third kappa shape index (κ3) is 3.19. The van der Waals surface area contributed by atoms with Gasteiger partial charge in [0, 0.05) is 31.1 Å². The zero-order valence-electron chi connectivity index (χ0n) is 9.89. The summed E-state index contributed by atoms with van der Waals surface area (Å²) < 4.78 is 0.512. The highest BCUT2D eigenvalue weighted by molar-refractivity contribution is 5.90. The maximum absolute atomic E-state index is 11.6. The quantitative estimate of drug-likeness (QED) is 0.422. The number of hydrogen-bond donors (Lipinski definition) is 2. The summed E-state index contributed by atoms with van der Waals surface area (Å²) in [5.41, 5.74) is 0.0472. The Bertz CT molecular complexity index is 458. The predicted octanol–water partition coefficient (Wildman–Crippen LogP) is -0.424. The molecule has 0 aromatic carbocycles. The highest BCUT2D eigenvalue weighted by Gasteiger charge is 2.29. The van der Waals surface area contributed by atoms with Crippen molar-refractivity contribution < 1.29 is 14.3 Å². The lowest BCUT2D eigenvalue weighted by Crippen LogP contribution is -2.41. The molecular formula is C12H15N3O3. The van der Waals surface area contributed by atoms with Crippen LogP contribution in [-0.2, 0) is 4.79 Å². The van der Waals surface area contributed by atoms with Crippen LogP contribution in [0.2, 0.25) is 0 Å². The van der Waals surface area contributed by atoms with Crippen molar-refractivity contribution in [2.75, 3.05) is 13.1 Å². The van der Waals surface area contributed by atoms with E-state index in [0.29, 0.717) is 17.8 Å². The molecule has 0 bridgehead atoms. The lowest BCUT2D eigenvalue weighted by Gasteiger charge is -2.06. The number of rotatable bonds is 5. The summed E-state index contributed by atoms with van der Waals surface area (Å²) in [6, 6.07) is 4.63. The van der Waals surface area contributed by atoms with E-state index in [2.05, 4.69) is 10.6 Å². The molecule has 1 fully saturated rings. The summed E-state index contributed by atoms with van der Waals surface area (Å²) in [5.74, 6) is -0.229.